The molecule has 0 aromatic carbocycles. The molecule has 0 aliphatic carbocycles. The number of aliphatic hydroxyl groups is 2. The highest BCUT2D eigenvalue weighted by molar-refractivity contribution is 5.76. The molecule has 0 radical (unpaired) electrons. The molecule has 0 aliphatic heterocycles. The van der Waals surface area contributed by atoms with Gasteiger partial charge in [0.25, 0.3) is 0 Å². The van der Waals surface area contributed by atoms with Crippen molar-refractivity contribution in [1.82, 2.24) is 5.32 Å². The van der Waals surface area contributed by atoms with Crippen LogP contribution in [0.5, 0.6) is 0 Å². The Kier molecular flexibility index (Phi) is 75.8. The number of allylic oxidation sites excluding steroid dienone is 5. The molecule has 0 heterocycles. The molecule has 0 saturated heterocycles. The molecule has 0 spiro atoms. The molecule has 6 nitrogen and oxygen atoms in total. The summed E-state index contributed by atoms with van der Waals surface area (Å²) in [7, 11) is 0. The van der Waals surface area contributed by atoms with E-state index in [4.69, 9.17) is 4.74 Å². The second-order valence-electron chi connectivity index (χ2n) is 27.7. The molecule has 88 heavy (non-hydrogen) atoms. The lowest BCUT2D eigenvalue weighted by molar-refractivity contribution is -0.143. The van der Waals surface area contributed by atoms with Gasteiger partial charge in [0, 0.05) is 12.8 Å². The molecular formula is C82H157NO5. The Hall–Kier alpha value is -1.92. The second-order valence-corrected chi connectivity index (χ2v) is 27.7. The van der Waals surface area contributed by atoms with Gasteiger partial charge in [-0.15, -0.1) is 0 Å². The van der Waals surface area contributed by atoms with Gasteiger partial charge in [-0.2, -0.15) is 0 Å². The summed E-state index contributed by atoms with van der Waals surface area (Å²) in [6, 6.07) is -0.627. The second kappa shape index (κ2) is 77.5. The zero-order chi connectivity index (χ0) is 63.5. The van der Waals surface area contributed by atoms with Crippen molar-refractivity contribution in [3.63, 3.8) is 0 Å². The lowest BCUT2D eigenvalue weighted by Crippen LogP contribution is -2.45. The van der Waals surface area contributed by atoms with E-state index in [1.165, 1.54) is 379 Å². The molecule has 0 aliphatic rings. The molecule has 0 bridgehead atoms. The number of amides is 1. The summed E-state index contributed by atoms with van der Waals surface area (Å²) < 4.78 is 5.51. The van der Waals surface area contributed by atoms with Gasteiger partial charge >= 0.3 is 5.97 Å². The summed E-state index contributed by atoms with van der Waals surface area (Å²) >= 11 is 0. The van der Waals surface area contributed by atoms with Crippen LogP contribution in [-0.2, 0) is 14.3 Å². The highest BCUT2D eigenvalue weighted by atomic mass is 16.5. The Bertz CT molecular complexity index is 1430. The van der Waals surface area contributed by atoms with Crippen molar-refractivity contribution < 1.29 is 24.5 Å². The van der Waals surface area contributed by atoms with Gasteiger partial charge in [0.1, 0.15) is 0 Å². The Balaban J connectivity index is 3.37. The minimum absolute atomic E-state index is 0.0159. The number of hydrogen-bond acceptors (Lipinski definition) is 5. The third-order valence-corrected chi connectivity index (χ3v) is 18.9. The average Bonchev–Trinajstić information content (AvgIpc) is 3.58. The van der Waals surface area contributed by atoms with Crippen molar-refractivity contribution in [1.29, 1.82) is 0 Å². The van der Waals surface area contributed by atoms with Crippen LogP contribution in [-0.4, -0.2) is 47.4 Å². The molecule has 2 atom stereocenters. The molecule has 3 N–H and O–H groups in total. The van der Waals surface area contributed by atoms with E-state index in [1.54, 1.807) is 6.08 Å². The van der Waals surface area contributed by atoms with E-state index >= 15 is 0 Å². The maximum atomic E-state index is 12.5. The quantitative estimate of drug-likeness (QED) is 0.0320. The highest BCUT2D eigenvalue weighted by Gasteiger charge is 2.18. The summed E-state index contributed by atoms with van der Waals surface area (Å²) in [6.45, 7) is 4.95. The number of carbonyl (C=O) groups is 2. The van der Waals surface area contributed by atoms with Gasteiger partial charge < -0.3 is 20.3 Å². The molecule has 6 heteroatoms. The molecule has 0 aromatic rings. The summed E-state index contributed by atoms with van der Waals surface area (Å²) in [6.07, 6.45) is 101. The minimum atomic E-state index is -0.844. The largest absolute Gasteiger partial charge is 0.466 e. The first-order valence-corrected chi connectivity index (χ1v) is 40.3. The maximum absolute atomic E-state index is 12.5. The van der Waals surface area contributed by atoms with E-state index in [-0.39, 0.29) is 18.5 Å². The fraction of sp³-hybridized carbons (Fsp3) is 0.902. The van der Waals surface area contributed by atoms with Crippen molar-refractivity contribution in [3.05, 3.63) is 36.5 Å². The van der Waals surface area contributed by atoms with Crippen LogP contribution in [0.15, 0.2) is 36.5 Å². The zero-order valence-corrected chi connectivity index (χ0v) is 59.7. The van der Waals surface area contributed by atoms with Crippen molar-refractivity contribution in [2.75, 3.05) is 13.2 Å². The van der Waals surface area contributed by atoms with E-state index in [0.29, 0.717) is 19.4 Å². The topological polar surface area (TPSA) is 95.9 Å². The number of nitrogens with one attached hydrogen (secondary N) is 1. The first-order valence-electron chi connectivity index (χ1n) is 40.3. The van der Waals surface area contributed by atoms with Gasteiger partial charge in [-0.25, -0.2) is 0 Å². The first kappa shape index (κ1) is 86.1. The molecule has 1 amide bonds. The van der Waals surface area contributed by atoms with E-state index in [9.17, 15) is 19.8 Å². The van der Waals surface area contributed by atoms with Crippen LogP contribution in [0.1, 0.15) is 450 Å². The predicted octanol–water partition coefficient (Wildman–Crippen LogP) is 26.6. The number of unbranched alkanes of at least 4 members (excludes halogenated alkanes) is 61. The summed E-state index contributed by atoms with van der Waals surface area (Å²) in [5.74, 6) is -0.0445. The fourth-order valence-corrected chi connectivity index (χ4v) is 12.7. The van der Waals surface area contributed by atoms with E-state index in [2.05, 4.69) is 43.5 Å². The number of ether oxygens (including phenoxy) is 1. The van der Waals surface area contributed by atoms with Crippen LogP contribution in [0.3, 0.4) is 0 Å². The van der Waals surface area contributed by atoms with Crippen molar-refractivity contribution in [2.24, 2.45) is 0 Å². The Morgan fingerprint density at radius 1 is 0.307 bits per heavy atom. The van der Waals surface area contributed by atoms with Crippen LogP contribution >= 0.6 is 0 Å². The van der Waals surface area contributed by atoms with Crippen LogP contribution in [0.25, 0.3) is 0 Å². The molecule has 0 rings (SSSR count). The predicted molar refractivity (Wildman–Crippen MR) is 389 cm³/mol. The van der Waals surface area contributed by atoms with Crippen LogP contribution in [0, 0.1) is 0 Å². The standard InChI is InChI=1S/C82H157NO5/c1-3-5-7-9-11-13-15-17-19-21-22-36-39-43-46-50-54-58-62-66-70-74-80(85)79(78-84)83-81(86)75-71-67-63-59-55-51-47-44-40-37-34-32-30-28-26-24-23-25-27-29-31-33-35-38-41-45-49-53-57-61-65-69-73-77-88-82(87)76-72-68-64-60-56-52-48-42-20-18-16-14-12-10-8-6-4-2/h18,20,27,29,70,74,79-80,84-85H,3-17,19,21-26,28,30-69,71-73,75-78H2,1-2H3,(H,83,86)/b20-18-,29-27-,74-70+. The Labute approximate surface area is 551 Å². The van der Waals surface area contributed by atoms with Crippen LogP contribution < -0.4 is 5.32 Å². The van der Waals surface area contributed by atoms with Gasteiger partial charge in [0.2, 0.25) is 5.91 Å². The zero-order valence-electron chi connectivity index (χ0n) is 59.7. The average molecular weight is 1240 g/mol. The van der Waals surface area contributed by atoms with Crippen molar-refractivity contribution in [3.8, 4) is 0 Å². The van der Waals surface area contributed by atoms with Crippen LogP contribution in [0.2, 0.25) is 0 Å². The van der Waals surface area contributed by atoms with E-state index in [0.717, 1.165) is 44.9 Å². The minimum Gasteiger partial charge on any atom is -0.466 e. The molecule has 520 valence electrons. The Morgan fingerprint density at radius 2 is 0.534 bits per heavy atom. The van der Waals surface area contributed by atoms with E-state index < -0.39 is 12.1 Å². The molecular weight excluding hydrogens is 1080 g/mol. The summed E-state index contributed by atoms with van der Waals surface area (Å²) in [5.41, 5.74) is 0. The smallest absolute Gasteiger partial charge is 0.305 e. The lowest BCUT2D eigenvalue weighted by atomic mass is 10.0. The Morgan fingerprint density at radius 3 is 0.807 bits per heavy atom. The number of aliphatic hydroxyl groups excluding tert-OH is 2. The van der Waals surface area contributed by atoms with Crippen molar-refractivity contribution in [2.45, 2.75) is 463 Å². The normalized spacial score (nSPS) is 12.6. The number of rotatable bonds is 76. The van der Waals surface area contributed by atoms with Gasteiger partial charge in [-0.05, 0) is 83.5 Å². The highest BCUT2D eigenvalue weighted by Crippen LogP contribution is 2.20. The number of carbonyl (C=O) groups excluding carboxylic acids is 2. The molecule has 0 saturated carbocycles. The van der Waals surface area contributed by atoms with Gasteiger partial charge in [0.15, 0.2) is 0 Å². The van der Waals surface area contributed by atoms with Crippen LogP contribution in [0.4, 0.5) is 0 Å². The summed E-state index contributed by atoms with van der Waals surface area (Å²) in [5, 5.41) is 23.3. The first-order chi connectivity index (χ1) is 43.5. The maximum Gasteiger partial charge on any atom is 0.305 e. The molecule has 0 fully saturated rings. The SMILES string of the molecule is CCCCCCCC/C=C\CCCCCCCCCC(=O)OCCCCCCCCCCCCCC/C=C\CCCCCCCCCCCCCCCCCCCC(=O)NC(CO)C(O)/C=C/CCCCCCCCCCCCCCCCCCCCC. The van der Waals surface area contributed by atoms with E-state index in [1.807, 2.05) is 6.08 Å². The monoisotopic (exact) mass is 1240 g/mol. The van der Waals surface area contributed by atoms with Gasteiger partial charge in [-0.3, -0.25) is 9.59 Å². The number of hydrogen-bond donors (Lipinski definition) is 3. The van der Waals surface area contributed by atoms with Gasteiger partial charge in [0.05, 0.1) is 25.4 Å². The third kappa shape index (κ3) is 73.1. The van der Waals surface area contributed by atoms with Crippen molar-refractivity contribution >= 4 is 11.9 Å². The molecule has 2 unspecified atom stereocenters. The third-order valence-electron chi connectivity index (χ3n) is 18.9. The number of esters is 1. The summed E-state index contributed by atoms with van der Waals surface area (Å²) in [4.78, 5) is 24.7. The lowest BCUT2D eigenvalue weighted by Gasteiger charge is -2.20. The fourth-order valence-electron chi connectivity index (χ4n) is 12.7. The van der Waals surface area contributed by atoms with Gasteiger partial charge in [-0.1, -0.05) is 391 Å². The molecule has 0 aromatic heterocycles.